The zero-order chi connectivity index (χ0) is 51.8. The minimum atomic E-state index is -0.773. The van der Waals surface area contributed by atoms with Crippen LogP contribution in [-0.4, -0.2) is 43.5 Å². The van der Waals surface area contributed by atoms with Gasteiger partial charge in [-0.25, -0.2) is 8.78 Å². The molecule has 0 spiro atoms. The van der Waals surface area contributed by atoms with Crippen LogP contribution in [-0.2, 0) is 50.5 Å². The van der Waals surface area contributed by atoms with E-state index >= 15 is 0 Å². The Bertz CT molecular complexity index is 2630. The molecule has 0 amide bonds. The Hall–Kier alpha value is -6.39. The Balaban J connectivity index is 0.000000251. The fraction of sp³-hybridized carbons (Fsp3) is 0.356. The van der Waals surface area contributed by atoms with Crippen molar-refractivity contribution in [1.82, 2.24) is 0 Å². The summed E-state index contributed by atoms with van der Waals surface area (Å²) in [5, 5.41) is 18.4. The van der Waals surface area contributed by atoms with E-state index < -0.39 is 5.97 Å². The molecule has 2 atom stereocenters. The number of carbonyl (C=O) groups is 2. The zero-order valence-electron chi connectivity index (χ0n) is 42.4. The van der Waals surface area contributed by atoms with E-state index in [1.54, 1.807) is 50.6 Å². The molecule has 374 valence electrons. The van der Waals surface area contributed by atoms with Crippen molar-refractivity contribution in [2.24, 2.45) is 11.8 Å². The number of benzene rings is 6. The number of aromatic hydroxyl groups is 1. The molecular formula is C59H69ClF2O8. The fourth-order valence-electron chi connectivity index (χ4n) is 7.84. The summed E-state index contributed by atoms with van der Waals surface area (Å²) < 4.78 is 50.4. The Morgan fingerprint density at radius 1 is 0.557 bits per heavy atom. The number of hydrogen-bond donors (Lipinski definition) is 2. The number of alkyl halides is 1. The largest absolute Gasteiger partial charge is 0.508 e. The van der Waals surface area contributed by atoms with Gasteiger partial charge in [-0.05, 0) is 154 Å². The molecule has 11 heteroatoms. The lowest BCUT2D eigenvalue weighted by molar-refractivity contribution is -0.145. The molecule has 0 bridgehead atoms. The summed E-state index contributed by atoms with van der Waals surface area (Å²) in [6.07, 6.45) is 2.50. The maximum Gasteiger partial charge on any atom is 0.308 e. The Labute approximate surface area is 418 Å². The maximum atomic E-state index is 14.8. The van der Waals surface area contributed by atoms with Crippen LogP contribution in [0.3, 0.4) is 0 Å². The number of carboxylic acid groups (broad SMARTS) is 1. The summed E-state index contributed by atoms with van der Waals surface area (Å²) in [5.41, 5.74) is 8.50. The first-order valence-electron chi connectivity index (χ1n) is 23.5. The predicted octanol–water partition coefficient (Wildman–Crippen LogP) is 14.7. The van der Waals surface area contributed by atoms with E-state index in [1.165, 1.54) is 19.2 Å². The molecule has 6 aromatic rings. The van der Waals surface area contributed by atoms with Gasteiger partial charge in [0.15, 0.2) is 0 Å². The fourth-order valence-corrected chi connectivity index (χ4v) is 8.01. The third kappa shape index (κ3) is 16.1. The second-order valence-corrected chi connectivity index (χ2v) is 19.4. The molecule has 8 nitrogen and oxygen atoms in total. The van der Waals surface area contributed by atoms with Gasteiger partial charge in [0.2, 0.25) is 0 Å². The topological polar surface area (TPSA) is 112 Å². The standard InChI is InChI=1S/C29H33FO4.C18H20ClFO.C12H16O3/c1-6-21(28(31)32)15-19-7-10-22(11-8-19)34-18-20-9-13-26(29(2,3)4)24(16-20)25-17-23(33-5)12-14-27(25)30;1-18(2,3)16-7-5-12(11-19)9-14(16)15-10-13(21-4)6-8-17(15)20;1-3-10(12(14)15-2)8-9-4-6-11(13)7-5-9/h7-14,16-17,21H,6,15,18H2,1-5H3,(H,31,32);5-10H,11H2,1-4H3;4-7,10,13H,3,8H2,1-2H3/t21-;;10-/m1.1/s1. The Morgan fingerprint density at radius 2 is 0.971 bits per heavy atom. The number of hydrogen-bond acceptors (Lipinski definition) is 7. The quantitative estimate of drug-likeness (QED) is 0.0729. The van der Waals surface area contributed by atoms with E-state index in [0.717, 1.165) is 50.9 Å². The normalized spacial score (nSPS) is 12.0. The lowest BCUT2D eigenvalue weighted by Gasteiger charge is -2.24. The Kier molecular flexibility index (Phi) is 20.9. The molecule has 0 aliphatic heterocycles. The number of phenols is 1. The predicted molar refractivity (Wildman–Crippen MR) is 277 cm³/mol. The SMILES string of the molecule is CC[C@H](Cc1ccc(O)cc1)C(=O)OC.CC[C@H](Cc1ccc(OCc2ccc(C(C)(C)C)c(-c3cc(OC)ccc3F)c2)cc1)C(=O)O.COc1ccc(F)c(-c2cc(CCl)ccc2C(C)(C)C)c1. The smallest absolute Gasteiger partial charge is 0.308 e. The van der Waals surface area contributed by atoms with Crippen LogP contribution in [0.4, 0.5) is 8.78 Å². The second-order valence-electron chi connectivity index (χ2n) is 19.2. The summed E-state index contributed by atoms with van der Waals surface area (Å²) in [5.74, 6) is 0.598. The van der Waals surface area contributed by atoms with Crippen molar-refractivity contribution in [2.75, 3.05) is 21.3 Å². The molecule has 0 aliphatic rings. The van der Waals surface area contributed by atoms with Crippen LogP contribution in [0, 0.1) is 23.5 Å². The summed E-state index contributed by atoms with van der Waals surface area (Å²) in [7, 11) is 4.56. The van der Waals surface area contributed by atoms with Gasteiger partial charge in [0.1, 0.15) is 41.2 Å². The third-order valence-electron chi connectivity index (χ3n) is 12.0. The van der Waals surface area contributed by atoms with Crippen LogP contribution in [0.25, 0.3) is 22.3 Å². The van der Waals surface area contributed by atoms with Crippen molar-refractivity contribution in [1.29, 1.82) is 0 Å². The van der Waals surface area contributed by atoms with E-state index in [-0.39, 0.29) is 46.0 Å². The number of carbonyl (C=O) groups excluding carboxylic acids is 1. The minimum Gasteiger partial charge on any atom is -0.508 e. The van der Waals surface area contributed by atoms with Gasteiger partial charge in [-0.15, -0.1) is 11.6 Å². The highest BCUT2D eigenvalue weighted by Crippen LogP contribution is 2.38. The first-order chi connectivity index (χ1) is 33.1. The van der Waals surface area contributed by atoms with Gasteiger partial charge >= 0.3 is 11.9 Å². The van der Waals surface area contributed by atoms with Crippen molar-refractivity contribution in [2.45, 2.75) is 104 Å². The first-order valence-corrected chi connectivity index (χ1v) is 24.0. The van der Waals surface area contributed by atoms with Crippen molar-refractivity contribution < 1.29 is 47.5 Å². The van der Waals surface area contributed by atoms with E-state index in [9.17, 15) is 23.5 Å². The lowest BCUT2D eigenvalue weighted by Crippen LogP contribution is -2.17. The zero-order valence-corrected chi connectivity index (χ0v) is 43.2. The molecule has 0 saturated carbocycles. The summed E-state index contributed by atoms with van der Waals surface area (Å²) in [6.45, 7) is 16.8. The molecule has 0 aromatic heterocycles. The molecule has 6 rings (SSSR count). The van der Waals surface area contributed by atoms with E-state index in [2.05, 4.69) is 41.5 Å². The number of halogens is 3. The highest BCUT2D eigenvalue weighted by Gasteiger charge is 2.23. The molecule has 2 N–H and O–H groups in total. The van der Waals surface area contributed by atoms with Crippen LogP contribution in [0.1, 0.15) is 102 Å². The molecule has 6 aromatic carbocycles. The van der Waals surface area contributed by atoms with Crippen molar-refractivity contribution in [3.8, 4) is 45.3 Å². The summed E-state index contributed by atoms with van der Waals surface area (Å²) >= 11 is 5.93. The summed E-state index contributed by atoms with van der Waals surface area (Å²) in [6, 6.07) is 36.0. The van der Waals surface area contributed by atoms with Gasteiger partial charge in [0, 0.05) is 17.0 Å². The van der Waals surface area contributed by atoms with Gasteiger partial charge < -0.3 is 29.2 Å². The molecule has 0 fully saturated rings. The van der Waals surface area contributed by atoms with Crippen LogP contribution in [0.15, 0.2) is 121 Å². The average Bonchev–Trinajstić information content (AvgIpc) is 3.34. The van der Waals surface area contributed by atoms with Gasteiger partial charge in [-0.2, -0.15) is 0 Å². The van der Waals surface area contributed by atoms with Gasteiger partial charge in [-0.1, -0.05) is 104 Å². The van der Waals surface area contributed by atoms with Gasteiger partial charge in [-0.3, -0.25) is 9.59 Å². The number of ether oxygens (including phenoxy) is 4. The second kappa shape index (κ2) is 26.0. The molecule has 0 radical (unpaired) electrons. The van der Waals surface area contributed by atoms with Crippen LogP contribution in [0.2, 0.25) is 0 Å². The van der Waals surface area contributed by atoms with Crippen molar-refractivity contribution in [3.05, 3.63) is 166 Å². The molecule has 0 aliphatic carbocycles. The number of methoxy groups -OCH3 is 3. The van der Waals surface area contributed by atoms with Crippen molar-refractivity contribution in [3.63, 3.8) is 0 Å². The number of aliphatic carboxylic acids is 1. The molecule has 0 saturated heterocycles. The van der Waals surface area contributed by atoms with E-state index in [0.29, 0.717) is 60.1 Å². The van der Waals surface area contributed by atoms with Crippen LogP contribution < -0.4 is 14.2 Å². The van der Waals surface area contributed by atoms with E-state index in [1.807, 2.05) is 86.6 Å². The third-order valence-corrected chi connectivity index (χ3v) is 12.3. The molecule has 0 unspecified atom stereocenters. The van der Waals surface area contributed by atoms with E-state index in [4.69, 9.17) is 35.7 Å². The number of rotatable bonds is 16. The minimum absolute atomic E-state index is 0.0876. The van der Waals surface area contributed by atoms with Crippen LogP contribution >= 0.6 is 11.6 Å². The maximum absolute atomic E-state index is 14.8. The molecular weight excluding hydrogens is 910 g/mol. The van der Waals surface area contributed by atoms with Gasteiger partial charge in [0.05, 0.1) is 33.2 Å². The molecule has 70 heavy (non-hydrogen) atoms. The molecule has 0 heterocycles. The Morgan fingerprint density at radius 3 is 1.39 bits per heavy atom. The number of esters is 1. The first kappa shape index (κ1) is 56.2. The van der Waals surface area contributed by atoms with Crippen LogP contribution in [0.5, 0.6) is 23.0 Å². The summed E-state index contributed by atoms with van der Waals surface area (Å²) in [4.78, 5) is 22.6. The average molecular weight is 980 g/mol. The number of phenolic OH excluding ortho intramolecular Hbond substituents is 1. The highest BCUT2D eigenvalue weighted by molar-refractivity contribution is 6.17. The lowest BCUT2D eigenvalue weighted by atomic mass is 9.81. The van der Waals surface area contributed by atoms with Crippen molar-refractivity contribution >= 4 is 23.5 Å². The van der Waals surface area contributed by atoms with Gasteiger partial charge in [0.25, 0.3) is 0 Å². The monoisotopic (exact) mass is 978 g/mol. The number of carboxylic acids is 1. The highest BCUT2D eigenvalue weighted by atomic mass is 35.5.